The molecule has 0 aliphatic rings. The molecule has 0 aromatic heterocycles. The fourth-order valence-corrected chi connectivity index (χ4v) is 1.67. The van der Waals surface area contributed by atoms with Crippen molar-refractivity contribution in [2.75, 3.05) is 11.9 Å². The van der Waals surface area contributed by atoms with Gasteiger partial charge in [-0.15, -0.1) is 0 Å². The molecule has 1 aromatic carbocycles. The fourth-order valence-electron chi connectivity index (χ4n) is 1.54. The second kappa shape index (κ2) is 5.92. The highest BCUT2D eigenvalue weighted by molar-refractivity contribution is 6.30. The summed E-state index contributed by atoms with van der Waals surface area (Å²) in [4.78, 5) is 11.4. The van der Waals surface area contributed by atoms with Gasteiger partial charge in [-0.05, 0) is 45.0 Å². The second-order valence-electron chi connectivity index (χ2n) is 4.50. The molecule has 0 saturated carbocycles. The lowest BCUT2D eigenvalue weighted by Gasteiger charge is -2.26. The van der Waals surface area contributed by atoms with Gasteiger partial charge in [-0.25, -0.2) is 0 Å². The Morgan fingerprint density at radius 2 is 1.94 bits per heavy atom. The monoisotopic (exact) mass is 255 g/mol. The highest BCUT2D eigenvalue weighted by atomic mass is 35.5. The van der Waals surface area contributed by atoms with E-state index >= 15 is 0 Å². The van der Waals surface area contributed by atoms with Crippen molar-refractivity contribution in [1.29, 1.82) is 0 Å². The Morgan fingerprint density at radius 1 is 1.35 bits per heavy atom. The van der Waals surface area contributed by atoms with Crippen molar-refractivity contribution >= 4 is 23.3 Å². The molecule has 94 valence electrons. The van der Waals surface area contributed by atoms with E-state index in [0.29, 0.717) is 18.1 Å². The molecule has 0 amide bonds. The third kappa shape index (κ3) is 5.09. The number of halogens is 1. The zero-order valence-electron chi connectivity index (χ0n) is 10.4. The lowest BCUT2D eigenvalue weighted by molar-refractivity contribution is -0.144. The van der Waals surface area contributed by atoms with E-state index in [-0.39, 0.29) is 11.5 Å². The van der Waals surface area contributed by atoms with Crippen LogP contribution in [0.3, 0.4) is 0 Å². The van der Waals surface area contributed by atoms with Crippen molar-refractivity contribution in [3.05, 3.63) is 29.3 Å². The van der Waals surface area contributed by atoms with Crippen LogP contribution in [0.5, 0.6) is 0 Å². The Labute approximate surface area is 107 Å². The maximum absolute atomic E-state index is 11.4. The van der Waals surface area contributed by atoms with Crippen molar-refractivity contribution in [3.63, 3.8) is 0 Å². The molecule has 0 saturated heterocycles. The Bertz CT molecular complexity index is 374. The molecular weight excluding hydrogens is 238 g/mol. The summed E-state index contributed by atoms with van der Waals surface area (Å²) in [6.07, 6.45) is 0.323. The van der Waals surface area contributed by atoms with Crippen LogP contribution >= 0.6 is 11.6 Å². The number of esters is 1. The Hall–Kier alpha value is -1.22. The molecule has 1 N–H and O–H groups in total. The summed E-state index contributed by atoms with van der Waals surface area (Å²) in [5.74, 6) is -0.195. The summed E-state index contributed by atoms with van der Waals surface area (Å²) in [5.41, 5.74) is 0.587. The standard InChI is InChI=1S/C13H18ClNO2/c1-4-17-12(16)9-13(2,3)15-11-7-5-10(14)6-8-11/h5-8,15H,4,9H2,1-3H3. The van der Waals surface area contributed by atoms with Crippen LogP contribution in [0.15, 0.2) is 24.3 Å². The fraction of sp³-hybridized carbons (Fsp3) is 0.462. The normalized spacial score (nSPS) is 11.1. The van der Waals surface area contributed by atoms with Crippen molar-refractivity contribution in [1.82, 2.24) is 0 Å². The van der Waals surface area contributed by atoms with Crippen LogP contribution in [0.4, 0.5) is 5.69 Å². The average molecular weight is 256 g/mol. The third-order valence-corrected chi connectivity index (χ3v) is 2.47. The molecule has 1 rings (SSSR count). The molecule has 0 bridgehead atoms. The summed E-state index contributed by atoms with van der Waals surface area (Å²) in [6.45, 7) is 6.13. The topological polar surface area (TPSA) is 38.3 Å². The number of anilines is 1. The minimum Gasteiger partial charge on any atom is -0.466 e. The lowest BCUT2D eigenvalue weighted by Crippen LogP contribution is -2.34. The zero-order valence-corrected chi connectivity index (χ0v) is 11.2. The van der Waals surface area contributed by atoms with Gasteiger partial charge in [0.1, 0.15) is 0 Å². The highest BCUT2D eigenvalue weighted by Gasteiger charge is 2.22. The van der Waals surface area contributed by atoms with E-state index in [0.717, 1.165) is 5.69 Å². The highest BCUT2D eigenvalue weighted by Crippen LogP contribution is 2.20. The maximum Gasteiger partial charge on any atom is 0.308 e. The number of nitrogens with one attached hydrogen (secondary N) is 1. The van der Waals surface area contributed by atoms with Crippen molar-refractivity contribution in [3.8, 4) is 0 Å². The van der Waals surface area contributed by atoms with E-state index in [1.807, 2.05) is 38.1 Å². The van der Waals surface area contributed by atoms with E-state index in [2.05, 4.69) is 5.32 Å². The second-order valence-corrected chi connectivity index (χ2v) is 4.93. The average Bonchev–Trinajstić information content (AvgIpc) is 2.20. The van der Waals surface area contributed by atoms with Crippen LogP contribution in [0.25, 0.3) is 0 Å². The van der Waals surface area contributed by atoms with Gasteiger partial charge < -0.3 is 10.1 Å². The molecule has 0 fully saturated rings. The van der Waals surface area contributed by atoms with Crippen LogP contribution in [0, 0.1) is 0 Å². The van der Waals surface area contributed by atoms with Gasteiger partial charge in [-0.1, -0.05) is 11.6 Å². The van der Waals surface area contributed by atoms with Crippen LogP contribution < -0.4 is 5.32 Å². The molecule has 0 heterocycles. The van der Waals surface area contributed by atoms with Gasteiger partial charge in [0.15, 0.2) is 0 Å². The van der Waals surface area contributed by atoms with Gasteiger partial charge in [-0.3, -0.25) is 4.79 Å². The molecule has 17 heavy (non-hydrogen) atoms. The van der Waals surface area contributed by atoms with E-state index < -0.39 is 0 Å². The Balaban J connectivity index is 2.59. The van der Waals surface area contributed by atoms with E-state index in [9.17, 15) is 4.79 Å². The molecule has 0 spiro atoms. The number of hydrogen-bond acceptors (Lipinski definition) is 3. The van der Waals surface area contributed by atoms with Crippen molar-refractivity contribution in [2.45, 2.75) is 32.7 Å². The first kappa shape index (κ1) is 13.8. The van der Waals surface area contributed by atoms with E-state index in [1.54, 1.807) is 6.92 Å². The van der Waals surface area contributed by atoms with Gasteiger partial charge in [-0.2, -0.15) is 0 Å². The van der Waals surface area contributed by atoms with Crippen LogP contribution in [-0.4, -0.2) is 18.1 Å². The molecular formula is C13H18ClNO2. The van der Waals surface area contributed by atoms with E-state index in [1.165, 1.54) is 0 Å². The summed E-state index contributed by atoms with van der Waals surface area (Å²) < 4.78 is 4.93. The summed E-state index contributed by atoms with van der Waals surface area (Å²) in [6, 6.07) is 7.39. The third-order valence-electron chi connectivity index (χ3n) is 2.22. The minimum atomic E-state index is -0.347. The number of ether oxygens (including phenoxy) is 1. The zero-order chi connectivity index (χ0) is 12.9. The number of rotatable bonds is 5. The molecule has 1 aromatic rings. The first-order chi connectivity index (χ1) is 7.93. The summed E-state index contributed by atoms with van der Waals surface area (Å²) >= 11 is 5.81. The molecule has 0 radical (unpaired) electrons. The van der Waals surface area contributed by atoms with Crippen LogP contribution in [0.2, 0.25) is 5.02 Å². The Morgan fingerprint density at radius 3 is 2.47 bits per heavy atom. The van der Waals surface area contributed by atoms with Crippen molar-refractivity contribution < 1.29 is 9.53 Å². The smallest absolute Gasteiger partial charge is 0.308 e. The molecule has 3 nitrogen and oxygen atoms in total. The molecule has 0 aliphatic heterocycles. The lowest BCUT2D eigenvalue weighted by atomic mass is 10.0. The number of hydrogen-bond donors (Lipinski definition) is 1. The molecule has 4 heteroatoms. The van der Waals surface area contributed by atoms with Crippen LogP contribution in [-0.2, 0) is 9.53 Å². The van der Waals surface area contributed by atoms with E-state index in [4.69, 9.17) is 16.3 Å². The SMILES string of the molecule is CCOC(=O)CC(C)(C)Nc1ccc(Cl)cc1. The predicted molar refractivity (Wildman–Crippen MR) is 70.4 cm³/mol. The first-order valence-electron chi connectivity index (χ1n) is 5.62. The number of carbonyl (C=O) groups is 1. The van der Waals surface area contributed by atoms with Crippen molar-refractivity contribution in [2.24, 2.45) is 0 Å². The number of carbonyl (C=O) groups excluding carboxylic acids is 1. The van der Waals surface area contributed by atoms with Gasteiger partial charge >= 0.3 is 5.97 Å². The van der Waals surface area contributed by atoms with Gasteiger partial charge in [0.25, 0.3) is 0 Å². The summed E-state index contributed by atoms with van der Waals surface area (Å²) in [7, 11) is 0. The molecule has 0 unspecified atom stereocenters. The largest absolute Gasteiger partial charge is 0.466 e. The van der Waals surface area contributed by atoms with Gasteiger partial charge in [0.05, 0.1) is 13.0 Å². The molecule has 0 atom stereocenters. The minimum absolute atomic E-state index is 0.195. The number of benzene rings is 1. The maximum atomic E-state index is 11.4. The quantitative estimate of drug-likeness (QED) is 0.819. The first-order valence-corrected chi connectivity index (χ1v) is 6.00. The van der Waals surface area contributed by atoms with Gasteiger partial charge in [0.2, 0.25) is 0 Å². The van der Waals surface area contributed by atoms with Crippen LogP contribution in [0.1, 0.15) is 27.2 Å². The predicted octanol–water partition coefficient (Wildman–Crippen LogP) is 3.48. The molecule has 0 aliphatic carbocycles. The Kier molecular flexibility index (Phi) is 4.82. The van der Waals surface area contributed by atoms with Gasteiger partial charge in [0, 0.05) is 16.2 Å². The summed E-state index contributed by atoms with van der Waals surface area (Å²) in [5, 5.41) is 3.97.